The minimum atomic E-state index is -0.792. The van der Waals surface area contributed by atoms with Gasteiger partial charge in [0.05, 0.1) is 0 Å². The molecule has 0 bridgehead atoms. The molecule has 1 heterocycles. The molecule has 1 rings (SSSR count). The normalized spacial score (nSPS) is 9.87. The molecule has 0 radical (unpaired) electrons. The quantitative estimate of drug-likeness (QED) is 0.548. The highest BCUT2D eigenvalue weighted by molar-refractivity contribution is 5.66. The standard InChI is InChI=1S/C10H12O5/c11-7-14-10-6-5-8(15-10)3-1-2-4-9(12)13/h5-7H,1-4H2,(H,12,13). The van der Waals surface area contributed by atoms with Gasteiger partial charge in [-0.2, -0.15) is 0 Å². The highest BCUT2D eigenvalue weighted by atomic mass is 16.6. The van der Waals surface area contributed by atoms with Gasteiger partial charge in [0.1, 0.15) is 5.76 Å². The van der Waals surface area contributed by atoms with Crippen LogP contribution in [0.3, 0.4) is 0 Å². The molecule has 1 aromatic rings. The fourth-order valence-electron chi connectivity index (χ4n) is 1.18. The van der Waals surface area contributed by atoms with Crippen molar-refractivity contribution < 1.29 is 23.8 Å². The topological polar surface area (TPSA) is 76.7 Å². The predicted molar refractivity (Wildman–Crippen MR) is 50.6 cm³/mol. The van der Waals surface area contributed by atoms with E-state index in [0.717, 1.165) is 6.42 Å². The Balaban J connectivity index is 2.25. The molecule has 0 spiro atoms. The zero-order valence-electron chi connectivity index (χ0n) is 8.14. The van der Waals surface area contributed by atoms with Gasteiger partial charge in [0.25, 0.3) is 5.95 Å². The maximum absolute atomic E-state index is 10.2. The van der Waals surface area contributed by atoms with Gasteiger partial charge in [0, 0.05) is 18.9 Å². The van der Waals surface area contributed by atoms with Gasteiger partial charge in [-0.25, -0.2) is 0 Å². The van der Waals surface area contributed by atoms with Crippen LogP contribution in [0.25, 0.3) is 0 Å². The van der Waals surface area contributed by atoms with Crippen molar-refractivity contribution in [3.8, 4) is 5.95 Å². The van der Waals surface area contributed by atoms with Crippen molar-refractivity contribution in [2.45, 2.75) is 25.7 Å². The van der Waals surface area contributed by atoms with E-state index >= 15 is 0 Å². The first-order chi connectivity index (χ1) is 7.22. The van der Waals surface area contributed by atoms with Crippen molar-refractivity contribution in [1.82, 2.24) is 0 Å². The highest BCUT2D eigenvalue weighted by Crippen LogP contribution is 2.17. The zero-order valence-corrected chi connectivity index (χ0v) is 8.14. The Morgan fingerprint density at radius 2 is 2.27 bits per heavy atom. The summed E-state index contributed by atoms with van der Waals surface area (Å²) in [4.78, 5) is 20.2. The lowest BCUT2D eigenvalue weighted by Gasteiger charge is -1.95. The minimum absolute atomic E-state index is 0.165. The van der Waals surface area contributed by atoms with E-state index in [1.165, 1.54) is 0 Å². The number of furan rings is 1. The Hall–Kier alpha value is -1.78. The van der Waals surface area contributed by atoms with Crippen LogP contribution in [0.15, 0.2) is 16.5 Å². The van der Waals surface area contributed by atoms with Crippen LogP contribution < -0.4 is 4.74 Å². The summed E-state index contributed by atoms with van der Waals surface area (Å²) in [5.74, 6) is 0.0647. The molecule has 0 aromatic carbocycles. The number of aliphatic carboxylic acids is 1. The molecule has 15 heavy (non-hydrogen) atoms. The number of carbonyl (C=O) groups is 2. The van der Waals surface area contributed by atoms with Gasteiger partial charge in [-0.15, -0.1) is 0 Å². The average molecular weight is 212 g/mol. The predicted octanol–water partition coefficient (Wildman–Crippen LogP) is 1.61. The summed E-state index contributed by atoms with van der Waals surface area (Å²) >= 11 is 0. The van der Waals surface area contributed by atoms with Crippen LogP contribution in [0.5, 0.6) is 5.95 Å². The van der Waals surface area contributed by atoms with Gasteiger partial charge in [-0.3, -0.25) is 9.59 Å². The highest BCUT2D eigenvalue weighted by Gasteiger charge is 2.03. The smallest absolute Gasteiger partial charge is 0.303 e. The number of unbranched alkanes of at least 4 members (excludes halogenated alkanes) is 1. The van der Waals surface area contributed by atoms with Crippen LogP contribution in [0, 0.1) is 0 Å². The number of hydrogen-bond donors (Lipinski definition) is 1. The number of ether oxygens (including phenoxy) is 1. The van der Waals surface area contributed by atoms with E-state index in [-0.39, 0.29) is 12.4 Å². The van der Waals surface area contributed by atoms with Gasteiger partial charge in [-0.05, 0) is 18.9 Å². The second-order valence-corrected chi connectivity index (χ2v) is 3.04. The summed E-state index contributed by atoms with van der Waals surface area (Å²) in [6.45, 7) is 0.299. The minimum Gasteiger partial charge on any atom is -0.481 e. The van der Waals surface area contributed by atoms with Crippen molar-refractivity contribution >= 4 is 12.4 Å². The van der Waals surface area contributed by atoms with E-state index in [2.05, 4.69) is 4.74 Å². The van der Waals surface area contributed by atoms with E-state index in [4.69, 9.17) is 9.52 Å². The van der Waals surface area contributed by atoms with Crippen LogP contribution in [0.2, 0.25) is 0 Å². The molecule has 0 saturated carbocycles. The van der Waals surface area contributed by atoms with Crippen molar-refractivity contribution in [2.24, 2.45) is 0 Å². The molecule has 82 valence electrons. The maximum atomic E-state index is 10.2. The Kier molecular flexibility index (Phi) is 4.40. The lowest BCUT2D eigenvalue weighted by molar-refractivity contribution is -0.137. The first kappa shape index (κ1) is 11.3. The van der Waals surface area contributed by atoms with Crippen LogP contribution in [-0.2, 0) is 16.0 Å². The Morgan fingerprint density at radius 3 is 2.93 bits per heavy atom. The van der Waals surface area contributed by atoms with Crippen molar-refractivity contribution in [2.75, 3.05) is 0 Å². The molecule has 0 aliphatic heterocycles. The summed E-state index contributed by atoms with van der Waals surface area (Å²) in [7, 11) is 0. The molecule has 5 heteroatoms. The molecule has 0 amide bonds. The van der Waals surface area contributed by atoms with Crippen LogP contribution in [0.4, 0.5) is 0 Å². The summed E-state index contributed by atoms with van der Waals surface area (Å²) < 4.78 is 9.62. The van der Waals surface area contributed by atoms with Gasteiger partial charge in [0.15, 0.2) is 0 Å². The number of carboxylic acid groups (broad SMARTS) is 1. The first-order valence-corrected chi connectivity index (χ1v) is 4.63. The number of carboxylic acids is 1. The number of aryl methyl sites for hydroxylation is 1. The molecule has 0 fully saturated rings. The molecule has 0 aliphatic carbocycles. The number of rotatable bonds is 7. The number of hydrogen-bond acceptors (Lipinski definition) is 4. The van der Waals surface area contributed by atoms with Crippen molar-refractivity contribution in [3.63, 3.8) is 0 Å². The SMILES string of the molecule is O=COc1ccc(CCCCC(=O)O)o1. The molecule has 0 unspecified atom stereocenters. The Labute approximate surface area is 86.6 Å². The molecule has 5 nitrogen and oxygen atoms in total. The first-order valence-electron chi connectivity index (χ1n) is 4.63. The fraction of sp³-hybridized carbons (Fsp3) is 0.400. The third-order valence-electron chi connectivity index (χ3n) is 1.87. The lowest BCUT2D eigenvalue weighted by Crippen LogP contribution is -1.94. The molecule has 0 aliphatic rings. The third kappa shape index (κ3) is 4.30. The second-order valence-electron chi connectivity index (χ2n) is 3.04. The summed E-state index contributed by atoms with van der Waals surface area (Å²) in [5.41, 5.74) is 0. The maximum Gasteiger partial charge on any atom is 0.303 e. The van der Waals surface area contributed by atoms with Crippen molar-refractivity contribution in [1.29, 1.82) is 0 Å². The van der Waals surface area contributed by atoms with Crippen LogP contribution in [0.1, 0.15) is 25.0 Å². The molecule has 1 aromatic heterocycles. The monoisotopic (exact) mass is 212 g/mol. The van der Waals surface area contributed by atoms with Gasteiger partial charge in [-0.1, -0.05) is 0 Å². The van der Waals surface area contributed by atoms with Crippen LogP contribution in [-0.4, -0.2) is 17.5 Å². The van der Waals surface area contributed by atoms with Crippen molar-refractivity contribution in [3.05, 3.63) is 17.9 Å². The molecule has 1 N–H and O–H groups in total. The zero-order chi connectivity index (χ0) is 11.1. The summed E-state index contributed by atoms with van der Waals surface area (Å²) in [5, 5.41) is 8.40. The lowest BCUT2D eigenvalue weighted by atomic mass is 10.1. The average Bonchev–Trinajstić information content (AvgIpc) is 2.61. The Morgan fingerprint density at radius 1 is 1.47 bits per heavy atom. The summed E-state index contributed by atoms with van der Waals surface area (Å²) in [6.07, 6.45) is 2.16. The van der Waals surface area contributed by atoms with E-state index in [9.17, 15) is 9.59 Å². The van der Waals surface area contributed by atoms with E-state index < -0.39 is 5.97 Å². The molecule has 0 saturated heterocycles. The molecular weight excluding hydrogens is 200 g/mol. The largest absolute Gasteiger partial charge is 0.481 e. The molecule has 0 atom stereocenters. The van der Waals surface area contributed by atoms with E-state index in [0.29, 0.717) is 25.1 Å². The fourth-order valence-corrected chi connectivity index (χ4v) is 1.18. The molecular formula is C10H12O5. The third-order valence-corrected chi connectivity index (χ3v) is 1.87. The van der Waals surface area contributed by atoms with E-state index in [1.807, 2.05) is 0 Å². The Bertz CT molecular complexity index is 328. The number of carbonyl (C=O) groups excluding carboxylic acids is 1. The van der Waals surface area contributed by atoms with Gasteiger partial charge < -0.3 is 14.3 Å². The second kappa shape index (κ2) is 5.85. The summed E-state index contributed by atoms with van der Waals surface area (Å²) in [6, 6.07) is 3.26. The van der Waals surface area contributed by atoms with Gasteiger partial charge in [0.2, 0.25) is 0 Å². The van der Waals surface area contributed by atoms with Crippen LogP contribution >= 0.6 is 0 Å². The van der Waals surface area contributed by atoms with E-state index in [1.54, 1.807) is 12.1 Å². The van der Waals surface area contributed by atoms with Gasteiger partial charge >= 0.3 is 12.4 Å².